The molecule has 3 rings (SSSR count). The minimum Gasteiger partial charge on any atom is -0.467 e. The number of carbonyl (C=O) groups excluding carboxylic acids is 2. The maximum Gasteiger partial charge on any atom is 0.321 e. The number of nitrogens with one attached hydrogen (secondary N) is 2. The van der Waals surface area contributed by atoms with Crippen LogP contribution in [0.15, 0.2) is 52.2 Å². The normalized spacial score (nSPS) is 11.3. The number of urea groups is 1. The van der Waals surface area contributed by atoms with Gasteiger partial charge in [0.15, 0.2) is 11.0 Å². The topological polar surface area (TPSA) is 102 Å². The fourth-order valence-electron chi connectivity index (χ4n) is 2.57. The van der Waals surface area contributed by atoms with Crippen LogP contribution in [0, 0.1) is 0 Å². The molecule has 2 aromatic heterocycles. The number of nitrogens with zero attached hydrogens (tertiary/aromatic N) is 3. The lowest BCUT2D eigenvalue weighted by Gasteiger charge is -2.20. The van der Waals surface area contributed by atoms with E-state index >= 15 is 0 Å². The van der Waals surface area contributed by atoms with E-state index in [1.807, 2.05) is 43.5 Å². The molecule has 2 N–H and O–H groups in total. The van der Waals surface area contributed by atoms with Crippen LogP contribution in [-0.4, -0.2) is 38.0 Å². The molecule has 0 aliphatic carbocycles. The van der Waals surface area contributed by atoms with Crippen LogP contribution in [0.3, 0.4) is 0 Å². The van der Waals surface area contributed by atoms with Crippen molar-refractivity contribution in [3.63, 3.8) is 0 Å². The zero-order valence-electron chi connectivity index (χ0n) is 16.8. The Balaban J connectivity index is 1.75. The standard InChI is InChI=1S/C20H22ClN5O3S/c1-20(2,3)23-18(28)22-16(27)12-30-19-25-24-17(13-6-8-14(21)9-7-13)26(19)11-15-5-4-10-29-15/h4-10H,11-12H2,1-3H3,(H2,22,23,27,28). The summed E-state index contributed by atoms with van der Waals surface area (Å²) in [4.78, 5) is 24.0. The lowest BCUT2D eigenvalue weighted by Crippen LogP contribution is -2.48. The van der Waals surface area contributed by atoms with E-state index in [1.165, 1.54) is 11.8 Å². The highest BCUT2D eigenvalue weighted by atomic mass is 35.5. The van der Waals surface area contributed by atoms with E-state index in [0.29, 0.717) is 22.5 Å². The SMILES string of the molecule is CC(C)(C)NC(=O)NC(=O)CSc1nnc(-c2ccc(Cl)cc2)n1Cc1ccco1. The zero-order chi connectivity index (χ0) is 21.7. The smallest absolute Gasteiger partial charge is 0.321 e. The van der Waals surface area contributed by atoms with Crippen LogP contribution in [0.1, 0.15) is 26.5 Å². The van der Waals surface area contributed by atoms with Crippen molar-refractivity contribution in [2.75, 3.05) is 5.75 Å². The summed E-state index contributed by atoms with van der Waals surface area (Å²) < 4.78 is 7.31. The molecule has 0 bridgehead atoms. The molecule has 0 saturated heterocycles. The molecule has 0 radical (unpaired) electrons. The first-order valence-corrected chi connectivity index (χ1v) is 10.5. The molecular weight excluding hydrogens is 426 g/mol. The van der Waals surface area contributed by atoms with Crippen LogP contribution < -0.4 is 10.6 Å². The van der Waals surface area contributed by atoms with Gasteiger partial charge < -0.3 is 9.73 Å². The number of hydrogen-bond donors (Lipinski definition) is 2. The Labute approximate surface area is 183 Å². The summed E-state index contributed by atoms with van der Waals surface area (Å²) in [7, 11) is 0. The molecule has 2 heterocycles. The van der Waals surface area contributed by atoms with Crippen LogP contribution in [0.4, 0.5) is 4.79 Å². The van der Waals surface area contributed by atoms with Gasteiger partial charge in [-0.1, -0.05) is 23.4 Å². The van der Waals surface area contributed by atoms with E-state index in [0.717, 1.165) is 11.3 Å². The molecule has 0 fully saturated rings. The minimum absolute atomic E-state index is 0.00840. The molecule has 0 aliphatic heterocycles. The summed E-state index contributed by atoms with van der Waals surface area (Å²) in [5.74, 6) is 0.925. The van der Waals surface area contributed by atoms with E-state index in [9.17, 15) is 9.59 Å². The summed E-state index contributed by atoms with van der Waals surface area (Å²) in [6.07, 6.45) is 1.59. The van der Waals surface area contributed by atoms with Crippen molar-refractivity contribution < 1.29 is 14.0 Å². The number of halogens is 1. The Morgan fingerprint density at radius 3 is 2.53 bits per heavy atom. The highest BCUT2D eigenvalue weighted by Crippen LogP contribution is 2.26. The van der Waals surface area contributed by atoms with Gasteiger partial charge in [0.1, 0.15) is 5.76 Å². The summed E-state index contributed by atoms with van der Waals surface area (Å²) in [5.41, 5.74) is 0.396. The van der Waals surface area contributed by atoms with Crippen molar-refractivity contribution >= 4 is 35.3 Å². The number of thioether (sulfide) groups is 1. The van der Waals surface area contributed by atoms with Gasteiger partial charge in [-0.3, -0.25) is 14.7 Å². The molecule has 3 aromatic rings. The van der Waals surface area contributed by atoms with Gasteiger partial charge in [0.05, 0.1) is 18.6 Å². The molecule has 1 aromatic carbocycles. The van der Waals surface area contributed by atoms with Gasteiger partial charge in [-0.05, 0) is 57.2 Å². The van der Waals surface area contributed by atoms with Crippen LogP contribution in [0.25, 0.3) is 11.4 Å². The number of benzene rings is 1. The van der Waals surface area contributed by atoms with Gasteiger partial charge in [-0.2, -0.15) is 0 Å². The first-order valence-electron chi connectivity index (χ1n) is 9.17. The van der Waals surface area contributed by atoms with Crippen LogP contribution in [0.2, 0.25) is 5.02 Å². The molecule has 158 valence electrons. The monoisotopic (exact) mass is 447 g/mol. The van der Waals surface area contributed by atoms with Crippen LogP contribution >= 0.6 is 23.4 Å². The second-order valence-corrected chi connectivity index (χ2v) is 8.90. The van der Waals surface area contributed by atoms with Gasteiger partial charge in [-0.15, -0.1) is 10.2 Å². The summed E-state index contributed by atoms with van der Waals surface area (Å²) >= 11 is 7.17. The Morgan fingerprint density at radius 2 is 1.90 bits per heavy atom. The highest BCUT2D eigenvalue weighted by molar-refractivity contribution is 7.99. The summed E-state index contributed by atoms with van der Waals surface area (Å²) in [6, 6.07) is 10.4. The third-order valence-corrected chi connectivity index (χ3v) is 5.01. The summed E-state index contributed by atoms with van der Waals surface area (Å²) in [6.45, 7) is 5.90. The molecule has 3 amide bonds. The van der Waals surface area contributed by atoms with Crippen molar-refractivity contribution in [3.8, 4) is 11.4 Å². The lowest BCUT2D eigenvalue weighted by atomic mass is 10.1. The average Bonchev–Trinajstić information content (AvgIpc) is 3.30. The second-order valence-electron chi connectivity index (χ2n) is 7.52. The van der Waals surface area contributed by atoms with Gasteiger partial charge in [0.25, 0.3) is 0 Å². The van der Waals surface area contributed by atoms with Gasteiger partial charge >= 0.3 is 6.03 Å². The maximum absolute atomic E-state index is 12.2. The van der Waals surface area contributed by atoms with Crippen LogP contribution in [-0.2, 0) is 11.3 Å². The maximum atomic E-state index is 12.2. The van der Waals surface area contributed by atoms with Gasteiger partial charge in [-0.25, -0.2) is 4.79 Å². The molecule has 8 nitrogen and oxygen atoms in total. The minimum atomic E-state index is -0.535. The Kier molecular flexibility index (Phi) is 6.84. The number of carbonyl (C=O) groups is 2. The van der Waals surface area contributed by atoms with Gasteiger partial charge in [0.2, 0.25) is 5.91 Å². The number of amides is 3. The molecule has 0 aliphatic rings. The van der Waals surface area contributed by atoms with E-state index in [2.05, 4.69) is 20.8 Å². The number of rotatable bonds is 6. The number of imide groups is 1. The Hall–Kier alpha value is -2.78. The van der Waals surface area contributed by atoms with E-state index in [1.54, 1.807) is 24.5 Å². The average molecular weight is 448 g/mol. The van der Waals surface area contributed by atoms with E-state index in [-0.39, 0.29) is 5.75 Å². The quantitative estimate of drug-likeness (QED) is 0.554. The highest BCUT2D eigenvalue weighted by Gasteiger charge is 2.19. The molecule has 10 heteroatoms. The Morgan fingerprint density at radius 1 is 1.17 bits per heavy atom. The first-order chi connectivity index (χ1) is 14.2. The molecule has 0 saturated carbocycles. The third-order valence-electron chi connectivity index (χ3n) is 3.79. The fourth-order valence-corrected chi connectivity index (χ4v) is 3.44. The molecule has 0 atom stereocenters. The second kappa shape index (κ2) is 9.36. The van der Waals surface area contributed by atoms with Crippen molar-refractivity contribution in [1.82, 2.24) is 25.4 Å². The fraction of sp³-hybridized carbons (Fsp3) is 0.300. The predicted octanol–water partition coefficient (Wildman–Crippen LogP) is 3.96. The summed E-state index contributed by atoms with van der Waals surface area (Å²) in [5, 5.41) is 14.7. The zero-order valence-corrected chi connectivity index (χ0v) is 18.4. The third kappa shape index (κ3) is 6.11. The molecule has 30 heavy (non-hydrogen) atoms. The number of hydrogen-bond acceptors (Lipinski definition) is 6. The first kappa shape index (κ1) is 21.9. The van der Waals surface area contributed by atoms with E-state index in [4.69, 9.17) is 16.0 Å². The lowest BCUT2D eigenvalue weighted by molar-refractivity contribution is -0.117. The van der Waals surface area contributed by atoms with Gasteiger partial charge in [0, 0.05) is 16.1 Å². The Bertz CT molecular complexity index is 1010. The van der Waals surface area contributed by atoms with Crippen molar-refractivity contribution in [2.45, 2.75) is 38.0 Å². The number of furan rings is 1. The predicted molar refractivity (Wildman–Crippen MR) is 115 cm³/mol. The van der Waals surface area contributed by atoms with Crippen LogP contribution in [0.5, 0.6) is 0 Å². The number of aromatic nitrogens is 3. The molecular formula is C20H22ClN5O3S. The van der Waals surface area contributed by atoms with Crippen molar-refractivity contribution in [1.29, 1.82) is 0 Å². The largest absolute Gasteiger partial charge is 0.467 e. The van der Waals surface area contributed by atoms with Crippen molar-refractivity contribution in [2.24, 2.45) is 0 Å². The van der Waals surface area contributed by atoms with Crippen molar-refractivity contribution in [3.05, 3.63) is 53.4 Å². The molecule has 0 unspecified atom stereocenters. The molecule has 0 spiro atoms. The van der Waals surface area contributed by atoms with E-state index < -0.39 is 17.5 Å².